The molecule has 0 fully saturated rings. The number of nitrogens with zero attached hydrogens (tertiary/aromatic N) is 2. The Balaban J connectivity index is 4.66. The molecule has 18 heavy (non-hydrogen) atoms. The summed E-state index contributed by atoms with van der Waals surface area (Å²) in [5, 5.41) is 20.7. The van der Waals surface area contributed by atoms with Crippen LogP contribution in [0.15, 0.2) is 0 Å². The normalized spacial score (nSPS) is 15.7. The van der Waals surface area contributed by atoms with Crippen molar-refractivity contribution in [2.24, 2.45) is 0 Å². The molecule has 8 nitrogen and oxygen atoms in total. The zero-order chi connectivity index (χ0) is 14.4. The molecule has 1 atom stereocenters. The Morgan fingerprint density at radius 2 is 1.83 bits per heavy atom. The van der Waals surface area contributed by atoms with Crippen LogP contribution < -0.4 is 0 Å². The van der Waals surface area contributed by atoms with Crippen molar-refractivity contribution in [3.63, 3.8) is 0 Å². The first-order valence-corrected chi connectivity index (χ1v) is 7.47. The lowest BCUT2D eigenvalue weighted by atomic mass is 10.4. The van der Waals surface area contributed by atoms with Gasteiger partial charge in [0, 0.05) is 6.54 Å². The average molecular weight is 284 g/mol. The summed E-state index contributed by atoms with van der Waals surface area (Å²) in [4.78, 5) is 30.2. The lowest BCUT2D eigenvalue weighted by molar-refractivity contribution is -0.862. The second-order valence-corrected chi connectivity index (χ2v) is 5.78. The van der Waals surface area contributed by atoms with Gasteiger partial charge in [0.25, 0.3) is 0 Å². The summed E-state index contributed by atoms with van der Waals surface area (Å²) in [5.74, 6) is -1.36. The van der Waals surface area contributed by atoms with Crippen LogP contribution in [0.5, 0.6) is 0 Å². The molecule has 0 aromatic heterocycles. The summed E-state index contributed by atoms with van der Waals surface area (Å²) < 4.78 is 9.48. The number of carboxylic acid groups (broad SMARTS) is 1. The first-order valence-electron chi connectivity index (χ1n) is 5.67. The fourth-order valence-corrected chi connectivity index (χ4v) is 2.56. The minimum absolute atomic E-state index is 0.154. The first kappa shape index (κ1) is 17.5. The van der Waals surface area contributed by atoms with Gasteiger partial charge in [0.1, 0.15) is 0 Å². The van der Waals surface area contributed by atoms with Gasteiger partial charge in [0.05, 0.1) is 6.54 Å². The van der Waals surface area contributed by atoms with Crippen LogP contribution in [-0.2, 0) is 9.36 Å². The zero-order valence-corrected chi connectivity index (χ0v) is 11.5. The third-order valence-electron chi connectivity index (χ3n) is 2.58. The van der Waals surface area contributed by atoms with Crippen molar-refractivity contribution in [2.45, 2.75) is 13.8 Å². The molecule has 0 radical (unpaired) electrons. The summed E-state index contributed by atoms with van der Waals surface area (Å²) in [6.07, 6.45) is -0.999. The van der Waals surface area contributed by atoms with Gasteiger partial charge < -0.3 is 24.7 Å². The fraction of sp³-hybridized carbons (Fsp3) is 0.889. The van der Waals surface area contributed by atoms with E-state index in [4.69, 9.17) is 14.9 Å². The van der Waals surface area contributed by atoms with Crippen molar-refractivity contribution in [1.29, 1.82) is 0 Å². The Bertz CT molecular complexity index is 316. The van der Waals surface area contributed by atoms with E-state index in [1.54, 1.807) is 0 Å². The number of hydrogen-bond acceptors (Lipinski definition) is 4. The highest BCUT2D eigenvalue weighted by Crippen LogP contribution is 2.37. The Morgan fingerprint density at radius 3 is 2.17 bits per heavy atom. The van der Waals surface area contributed by atoms with Crippen molar-refractivity contribution in [3.8, 4) is 0 Å². The number of carbonyl (C=O) groups is 1. The molecule has 0 spiro atoms. The molecule has 0 aliphatic rings. The molecule has 108 valence electrons. The molecular weight excluding hydrogens is 263 g/mol. The third-order valence-corrected chi connectivity index (χ3v) is 3.47. The van der Waals surface area contributed by atoms with Gasteiger partial charge in [0.15, 0.2) is 12.8 Å². The summed E-state index contributed by atoms with van der Waals surface area (Å²) in [5.41, 5.74) is 0. The number of likely N-dealkylation sites (N-methyl/N-ethyl adjacent to an activating group) is 1. The highest BCUT2D eigenvalue weighted by atomic mass is 31.2. The number of rotatable bonds is 9. The van der Waals surface area contributed by atoms with Crippen LogP contribution >= 0.6 is 7.60 Å². The summed E-state index contributed by atoms with van der Waals surface area (Å²) >= 11 is 0. The third kappa shape index (κ3) is 7.75. The van der Waals surface area contributed by atoms with Gasteiger partial charge in [-0.25, -0.2) is 4.79 Å². The fourth-order valence-electron chi connectivity index (χ4n) is 1.65. The van der Waals surface area contributed by atoms with Crippen LogP contribution in [0.4, 0.5) is 0 Å². The van der Waals surface area contributed by atoms with Gasteiger partial charge >= 0.3 is 13.6 Å². The smallest absolute Gasteiger partial charge is 0.379 e. The van der Waals surface area contributed by atoms with E-state index in [1.807, 2.05) is 18.7 Å². The van der Waals surface area contributed by atoms with Gasteiger partial charge in [-0.3, -0.25) is 9.46 Å². The van der Waals surface area contributed by atoms with Crippen molar-refractivity contribution >= 4 is 13.6 Å². The van der Waals surface area contributed by atoms with Crippen LogP contribution in [0.25, 0.3) is 0 Å². The molecule has 1 unspecified atom stereocenters. The van der Waals surface area contributed by atoms with Crippen LogP contribution in [-0.4, -0.2) is 69.4 Å². The standard InChI is InChI=1S/C9H21N2O6P/c1-3-10(4-2)5-6-11(14,7-9(12)13)8-18(15,16)17/h3-8H2,1-2H3,(H,12,13)(H2,15,16,17). The molecule has 0 aliphatic carbocycles. The second-order valence-electron chi connectivity index (χ2n) is 4.17. The average Bonchev–Trinajstić information content (AvgIpc) is 2.14. The van der Waals surface area contributed by atoms with E-state index in [9.17, 15) is 14.6 Å². The predicted octanol–water partition coefficient (Wildman–Crippen LogP) is -0.137. The molecule has 0 amide bonds. The minimum atomic E-state index is -4.54. The molecule has 0 aromatic rings. The maximum absolute atomic E-state index is 12.1. The molecule has 0 bridgehead atoms. The number of carboxylic acids is 1. The molecule has 9 heteroatoms. The molecule has 3 N–H and O–H groups in total. The molecule has 0 aliphatic heterocycles. The molecule has 0 aromatic carbocycles. The first-order chi connectivity index (χ1) is 8.12. The lowest BCUT2D eigenvalue weighted by Crippen LogP contribution is -2.50. The van der Waals surface area contributed by atoms with E-state index in [0.29, 0.717) is 19.6 Å². The maximum atomic E-state index is 12.1. The number of hydrogen-bond donors (Lipinski definition) is 3. The topological polar surface area (TPSA) is 121 Å². The molecule has 0 rings (SSSR count). The van der Waals surface area contributed by atoms with Crippen molar-refractivity contribution in [2.75, 3.05) is 39.0 Å². The lowest BCUT2D eigenvalue weighted by Gasteiger charge is -2.42. The Hall–Kier alpha value is -0.500. The SMILES string of the molecule is CCN(CC)CC[N+]([O-])(CC(=O)O)CP(=O)(O)O. The van der Waals surface area contributed by atoms with Crippen LogP contribution in [0.1, 0.15) is 13.8 Å². The summed E-state index contributed by atoms with van der Waals surface area (Å²) in [7, 11) is -4.54. The van der Waals surface area contributed by atoms with Crippen molar-refractivity contribution in [1.82, 2.24) is 4.90 Å². The van der Waals surface area contributed by atoms with Crippen LogP contribution in [0.3, 0.4) is 0 Å². The van der Waals surface area contributed by atoms with Gasteiger partial charge in [-0.05, 0) is 13.1 Å². The molecule has 0 saturated heterocycles. The van der Waals surface area contributed by atoms with E-state index in [1.165, 1.54) is 0 Å². The summed E-state index contributed by atoms with van der Waals surface area (Å²) in [6.45, 7) is 4.49. The van der Waals surface area contributed by atoms with Crippen LogP contribution in [0, 0.1) is 5.21 Å². The van der Waals surface area contributed by atoms with E-state index in [2.05, 4.69) is 0 Å². The highest BCUT2D eigenvalue weighted by molar-refractivity contribution is 7.51. The van der Waals surface area contributed by atoms with Gasteiger partial charge in [-0.1, -0.05) is 13.8 Å². The van der Waals surface area contributed by atoms with Crippen molar-refractivity contribution in [3.05, 3.63) is 5.21 Å². The Kier molecular flexibility index (Phi) is 6.98. The van der Waals surface area contributed by atoms with E-state index < -0.39 is 31.0 Å². The highest BCUT2D eigenvalue weighted by Gasteiger charge is 2.30. The molecule has 0 heterocycles. The Labute approximate surface area is 106 Å². The summed E-state index contributed by atoms with van der Waals surface area (Å²) in [6, 6.07) is 0. The largest absolute Gasteiger partial charge is 0.632 e. The van der Waals surface area contributed by atoms with E-state index in [-0.39, 0.29) is 6.54 Å². The van der Waals surface area contributed by atoms with Gasteiger partial charge in [-0.15, -0.1) is 0 Å². The number of hydroxylamine groups is 3. The van der Waals surface area contributed by atoms with Crippen molar-refractivity contribution < 1.29 is 28.9 Å². The number of aliphatic carboxylic acids is 1. The minimum Gasteiger partial charge on any atom is -0.632 e. The van der Waals surface area contributed by atoms with Gasteiger partial charge in [-0.2, -0.15) is 0 Å². The zero-order valence-electron chi connectivity index (χ0n) is 10.7. The number of quaternary nitrogens is 1. The van der Waals surface area contributed by atoms with Crippen LogP contribution in [0.2, 0.25) is 0 Å². The molecular formula is C9H21N2O6P. The van der Waals surface area contributed by atoms with Gasteiger partial charge in [0.2, 0.25) is 0 Å². The monoisotopic (exact) mass is 284 g/mol. The van der Waals surface area contributed by atoms with E-state index >= 15 is 0 Å². The quantitative estimate of drug-likeness (QED) is 0.306. The second kappa shape index (κ2) is 7.18. The maximum Gasteiger partial charge on any atom is 0.379 e. The van der Waals surface area contributed by atoms with E-state index in [0.717, 1.165) is 0 Å². The Morgan fingerprint density at radius 1 is 1.33 bits per heavy atom. The molecule has 0 saturated carbocycles. The predicted molar refractivity (Wildman–Crippen MR) is 65.7 cm³/mol.